The van der Waals surface area contributed by atoms with Gasteiger partial charge < -0.3 is 14.4 Å². The zero-order valence-electron chi connectivity index (χ0n) is 41.6. The number of benzene rings is 12. The zero-order valence-corrected chi connectivity index (χ0v) is 41.6. The molecule has 3 nitrogen and oxygen atoms in total. The monoisotopic (exact) mass is 967 g/mol. The van der Waals surface area contributed by atoms with E-state index in [1.54, 1.807) is 0 Å². The molecule has 0 N–H and O–H groups in total. The molecule has 2 aliphatic rings. The maximum absolute atomic E-state index is 2.50. The fourth-order valence-electron chi connectivity index (χ4n) is 12.8. The molecular weight excluding hydrogens is 919 g/mol. The Balaban J connectivity index is 0.918. The quantitative estimate of drug-likeness (QED) is 0.150. The second kappa shape index (κ2) is 17.6. The Kier molecular flexibility index (Phi) is 10.1. The van der Waals surface area contributed by atoms with Gasteiger partial charge in [0.25, 0.3) is 0 Å². The van der Waals surface area contributed by atoms with E-state index in [1.807, 2.05) is 0 Å². The summed E-state index contributed by atoms with van der Waals surface area (Å²) in [5, 5.41) is 2.53. The number of rotatable bonds is 8. The van der Waals surface area contributed by atoms with Crippen LogP contribution in [0.4, 0.5) is 34.1 Å². The zero-order chi connectivity index (χ0) is 50.2. The molecule has 1 aliphatic heterocycles. The van der Waals surface area contributed by atoms with Gasteiger partial charge in [-0.2, -0.15) is 0 Å². The molecule has 3 heteroatoms. The summed E-state index contributed by atoms with van der Waals surface area (Å²) >= 11 is 0. The van der Waals surface area contributed by atoms with Crippen molar-refractivity contribution in [3.63, 3.8) is 0 Å². The lowest BCUT2D eigenvalue weighted by Gasteiger charge is -2.45. The Bertz CT molecular complexity index is 4240. The number of anilines is 6. The van der Waals surface area contributed by atoms with Crippen LogP contribution in [0.1, 0.15) is 22.3 Å². The molecular formula is C73H49N3. The van der Waals surface area contributed by atoms with E-state index in [9.17, 15) is 0 Å². The Hall–Kier alpha value is -9.96. The highest BCUT2D eigenvalue weighted by molar-refractivity contribution is 6.09. The SMILES string of the molecule is c1ccc(-c2ccccc2-c2ccccc2N(c2ccc(-c3ccc(-n4c5ccccc5c5ccccc54)cc3)cc2)c2ccc3c(c2)C2(c4ccccc4-3)c3ccccc3N(c3ccccc3)c3ccccc32)cc1. The van der Waals surface area contributed by atoms with Gasteiger partial charge in [-0.05, 0) is 140 Å². The molecule has 13 aromatic rings. The molecule has 0 amide bonds. The molecule has 15 rings (SSSR count). The van der Waals surface area contributed by atoms with Gasteiger partial charge in [0.2, 0.25) is 0 Å². The van der Waals surface area contributed by atoms with Crippen molar-refractivity contribution in [3.8, 4) is 50.2 Å². The van der Waals surface area contributed by atoms with Crippen LogP contribution >= 0.6 is 0 Å². The van der Waals surface area contributed by atoms with Crippen LogP contribution in [0.5, 0.6) is 0 Å². The normalized spacial score (nSPS) is 12.8. The van der Waals surface area contributed by atoms with Crippen LogP contribution in [0.3, 0.4) is 0 Å². The predicted molar refractivity (Wildman–Crippen MR) is 317 cm³/mol. The highest BCUT2D eigenvalue weighted by Gasteiger charge is 2.52. The largest absolute Gasteiger partial charge is 0.310 e. The fraction of sp³-hybridized carbons (Fsp3) is 0.0137. The summed E-state index contributed by atoms with van der Waals surface area (Å²) in [5.41, 5.74) is 24.3. The maximum Gasteiger partial charge on any atom is 0.0755 e. The van der Waals surface area contributed by atoms with E-state index >= 15 is 0 Å². The number of nitrogens with zero attached hydrogens (tertiary/aromatic N) is 3. The average Bonchev–Trinajstić information content (AvgIpc) is 4.20. The van der Waals surface area contributed by atoms with Gasteiger partial charge in [-0.25, -0.2) is 0 Å². The minimum Gasteiger partial charge on any atom is -0.310 e. The molecule has 0 atom stereocenters. The number of hydrogen-bond donors (Lipinski definition) is 0. The third-order valence-corrected chi connectivity index (χ3v) is 16.0. The summed E-state index contributed by atoms with van der Waals surface area (Å²) in [6.45, 7) is 0. The number of para-hydroxylation sites is 6. The van der Waals surface area contributed by atoms with E-state index in [0.717, 1.165) is 45.1 Å². The summed E-state index contributed by atoms with van der Waals surface area (Å²) in [6, 6.07) is 109. The first-order valence-corrected chi connectivity index (χ1v) is 26.3. The van der Waals surface area contributed by atoms with Crippen LogP contribution in [0, 0.1) is 0 Å². The molecule has 2 heterocycles. The van der Waals surface area contributed by atoms with Crippen molar-refractivity contribution in [2.45, 2.75) is 5.41 Å². The van der Waals surface area contributed by atoms with E-state index in [-0.39, 0.29) is 0 Å². The van der Waals surface area contributed by atoms with Gasteiger partial charge in [-0.3, -0.25) is 0 Å². The van der Waals surface area contributed by atoms with Crippen molar-refractivity contribution < 1.29 is 0 Å². The van der Waals surface area contributed by atoms with Crippen molar-refractivity contribution in [2.75, 3.05) is 9.80 Å². The van der Waals surface area contributed by atoms with Gasteiger partial charge in [-0.15, -0.1) is 0 Å². The van der Waals surface area contributed by atoms with Crippen LogP contribution in [0.15, 0.2) is 297 Å². The molecule has 356 valence electrons. The summed E-state index contributed by atoms with van der Waals surface area (Å²) in [6.07, 6.45) is 0. The van der Waals surface area contributed by atoms with E-state index in [0.29, 0.717) is 0 Å². The smallest absolute Gasteiger partial charge is 0.0755 e. The summed E-state index contributed by atoms with van der Waals surface area (Å²) in [4.78, 5) is 4.94. The number of fused-ring (bicyclic) bond motifs is 12. The topological polar surface area (TPSA) is 11.4 Å². The average molecular weight is 968 g/mol. The molecule has 76 heavy (non-hydrogen) atoms. The molecule has 1 aromatic heterocycles. The third-order valence-electron chi connectivity index (χ3n) is 16.0. The van der Waals surface area contributed by atoms with Gasteiger partial charge >= 0.3 is 0 Å². The lowest BCUT2D eigenvalue weighted by molar-refractivity contribution is 0.752. The van der Waals surface area contributed by atoms with Crippen molar-refractivity contribution in [1.82, 2.24) is 4.57 Å². The van der Waals surface area contributed by atoms with Crippen molar-refractivity contribution >= 4 is 55.9 Å². The highest BCUT2D eigenvalue weighted by Crippen LogP contribution is 2.64. The predicted octanol–water partition coefficient (Wildman–Crippen LogP) is 19.4. The van der Waals surface area contributed by atoms with Gasteiger partial charge in [0.15, 0.2) is 0 Å². The van der Waals surface area contributed by atoms with Crippen LogP contribution in [-0.4, -0.2) is 4.57 Å². The van der Waals surface area contributed by atoms with Gasteiger partial charge in [0, 0.05) is 39.1 Å². The van der Waals surface area contributed by atoms with E-state index in [1.165, 1.54) is 83.3 Å². The van der Waals surface area contributed by atoms with E-state index in [2.05, 4.69) is 312 Å². The van der Waals surface area contributed by atoms with Crippen LogP contribution in [-0.2, 0) is 5.41 Å². The first kappa shape index (κ1) is 43.6. The summed E-state index contributed by atoms with van der Waals surface area (Å²) in [7, 11) is 0. The Morgan fingerprint density at radius 1 is 0.276 bits per heavy atom. The molecule has 0 saturated heterocycles. The Morgan fingerprint density at radius 2 is 0.750 bits per heavy atom. The van der Waals surface area contributed by atoms with E-state index in [4.69, 9.17) is 0 Å². The first-order chi connectivity index (χ1) is 37.7. The standard InChI is InChI=1S/C73H49N3/c1-3-21-52(22-4-1)57-25-7-8-26-58(57)61-28-10-16-34-68(61)74(54-43-39-50(40-44-54)51-41-45-55(46-42-51)75-69-35-17-11-29-62(69)63-30-12-18-36-70(63)75)56-47-48-60-59-27-9-13-31-64(59)73(67(60)49-56)65-32-14-19-37-71(65)76(53-23-5-2-6-24-53)72-38-20-15-33-66(72)73/h1-49H. The van der Waals surface area contributed by atoms with Crippen molar-refractivity contribution in [1.29, 1.82) is 0 Å². The van der Waals surface area contributed by atoms with E-state index < -0.39 is 5.41 Å². The summed E-state index contributed by atoms with van der Waals surface area (Å²) in [5.74, 6) is 0. The van der Waals surface area contributed by atoms with Crippen LogP contribution in [0.2, 0.25) is 0 Å². The lowest BCUT2D eigenvalue weighted by Crippen LogP contribution is -2.36. The lowest BCUT2D eigenvalue weighted by atomic mass is 9.64. The fourth-order valence-corrected chi connectivity index (χ4v) is 12.8. The Labute approximate surface area is 443 Å². The highest BCUT2D eigenvalue weighted by atomic mass is 15.2. The van der Waals surface area contributed by atoms with Crippen molar-refractivity contribution in [3.05, 3.63) is 320 Å². The van der Waals surface area contributed by atoms with Crippen molar-refractivity contribution in [2.24, 2.45) is 0 Å². The molecule has 0 radical (unpaired) electrons. The first-order valence-electron chi connectivity index (χ1n) is 26.3. The molecule has 0 saturated carbocycles. The molecule has 12 aromatic carbocycles. The second-order valence-electron chi connectivity index (χ2n) is 20.0. The maximum atomic E-state index is 2.50. The van der Waals surface area contributed by atoms with Crippen LogP contribution < -0.4 is 9.80 Å². The van der Waals surface area contributed by atoms with Crippen LogP contribution in [0.25, 0.3) is 72.0 Å². The summed E-state index contributed by atoms with van der Waals surface area (Å²) < 4.78 is 2.38. The molecule has 0 bridgehead atoms. The second-order valence-corrected chi connectivity index (χ2v) is 20.0. The molecule has 1 spiro atoms. The number of hydrogen-bond acceptors (Lipinski definition) is 2. The minimum absolute atomic E-state index is 0.610. The molecule has 0 fully saturated rings. The molecule has 1 aliphatic carbocycles. The number of aromatic nitrogens is 1. The Morgan fingerprint density at radius 3 is 1.41 bits per heavy atom. The van der Waals surface area contributed by atoms with Gasteiger partial charge in [0.1, 0.15) is 0 Å². The minimum atomic E-state index is -0.610. The van der Waals surface area contributed by atoms with Gasteiger partial charge in [0.05, 0.1) is 33.5 Å². The molecule has 0 unspecified atom stereocenters. The van der Waals surface area contributed by atoms with Gasteiger partial charge in [-0.1, -0.05) is 218 Å². The third kappa shape index (κ3) is 6.62.